The molecule has 0 unspecified atom stereocenters. The molecule has 1 saturated carbocycles. The Bertz CT molecular complexity index is 359. The summed E-state index contributed by atoms with van der Waals surface area (Å²) in [4.78, 5) is 0. The summed E-state index contributed by atoms with van der Waals surface area (Å²) in [6.07, 6.45) is 2.40. The fourth-order valence-corrected chi connectivity index (χ4v) is 2.00. The van der Waals surface area contributed by atoms with Gasteiger partial charge in [-0.25, -0.2) is 0 Å². The van der Waals surface area contributed by atoms with Crippen LogP contribution in [0.25, 0.3) is 0 Å². The number of hydrogen-bond acceptors (Lipinski definition) is 2. The summed E-state index contributed by atoms with van der Waals surface area (Å²) in [6.45, 7) is 0.548. The van der Waals surface area contributed by atoms with Gasteiger partial charge in [-0.15, -0.1) is 0 Å². The minimum atomic E-state index is -0.506. The fourth-order valence-electron chi connectivity index (χ4n) is 1.74. The predicted octanol–water partition coefficient (Wildman–Crippen LogP) is 2.55. The van der Waals surface area contributed by atoms with Crippen molar-refractivity contribution >= 4 is 11.6 Å². The third-order valence-corrected chi connectivity index (χ3v) is 3.20. The normalized spacial score (nSPS) is 17.8. The summed E-state index contributed by atoms with van der Waals surface area (Å²) in [5.41, 5.74) is 1.60. The summed E-state index contributed by atoms with van der Waals surface area (Å²) in [7, 11) is 1.66. The first-order valence-electron chi connectivity index (χ1n) is 5.12. The second kappa shape index (κ2) is 4.12. The number of methoxy groups -OCH3 is 1. The van der Waals surface area contributed by atoms with Gasteiger partial charge in [0, 0.05) is 18.6 Å². The summed E-state index contributed by atoms with van der Waals surface area (Å²) in [5, 5.41) is 10.6. The quantitative estimate of drug-likeness (QED) is 0.855. The highest BCUT2D eigenvalue weighted by molar-refractivity contribution is 6.31. The van der Waals surface area contributed by atoms with Gasteiger partial charge in [0.15, 0.2) is 0 Å². The minimum absolute atomic E-state index is 0.506. The van der Waals surface area contributed by atoms with Crippen LogP contribution >= 0.6 is 11.6 Å². The summed E-state index contributed by atoms with van der Waals surface area (Å²) in [6, 6.07) is 5.77. The van der Waals surface area contributed by atoms with Gasteiger partial charge < -0.3 is 9.84 Å². The van der Waals surface area contributed by atoms with Crippen molar-refractivity contribution in [1.29, 1.82) is 0 Å². The van der Waals surface area contributed by atoms with Crippen molar-refractivity contribution in [3.8, 4) is 0 Å². The Morgan fingerprint density at radius 1 is 1.47 bits per heavy atom. The maximum Gasteiger partial charge on any atom is 0.0716 e. The molecule has 0 saturated heterocycles. The monoisotopic (exact) mass is 226 g/mol. The molecule has 0 bridgehead atoms. The van der Waals surface area contributed by atoms with Gasteiger partial charge in [-0.05, 0) is 30.0 Å². The van der Waals surface area contributed by atoms with Gasteiger partial charge in [-0.1, -0.05) is 23.7 Å². The molecule has 0 aromatic heterocycles. The molecule has 15 heavy (non-hydrogen) atoms. The molecule has 1 N–H and O–H groups in total. The first-order valence-corrected chi connectivity index (χ1v) is 5.50. The standard InChI is InChI=1S/C12H15ClO2/c1-15-8-9-3-2-4-11(13)10(9)7-12(14)5-6-12/h2-4,14H,5-8H2,1H3. The Morgan fingerprint density at radius 2 is 2.20 bits per heavy atom. The summed E-state index contributed by atoms with van der Waals surface area (Å²) < 4.78 is 5.12. The lowest BCUT2D eigenvalue weighted by atomic mass is 10.0. The van der Waals surface area contributed by atoms with Crippen molar-refractivity contribution < 1.29 is 9.84 Å². The van der Waals surface area contributed by atoms with E-state index < -0.39 is 5.60 Å². The van der Waals surface area contributed by atoms with Gasteiger partial charge in [-0.3, -0.25) is 0 Å². The van der Waals surface area contributed by atoms with E-state index in [1.165, 1.54) is 0 Å². The molecule has 0 atom stereocenters. The number of aliphatic hydroxyl groups is 1. The van der Waals surface area contributed by atoms with Gasteiger partial charge in [-0.2, -0.15) is 0 Å². The van der Waals surface area contributed by atoms with Crippen LogP contribution in [0.5, 0.6) is 0 Å². The van der Waals surface area contributed by atoms with Crippen LogP contribution in [0.1, 0.15) is 24.0 Å². The molecule has 2 rings (SSSR count). The molecular weight excluding hydrogens is 212 g/mol. The Balaban J connectivity index is 2.25. The zero-order valence-corrected chi connectivity index (χ0v) is 9.55. The van der Waals surface area contributed by atoms with E-state index in [4.69, 9.17) is 16.3 Å². The van der Waals surface area contributed by atoms with Crippen molar-refractivity contribution in [2.24, 2.45) is 0 Å². The van der Waals surface area contributed by atoms with Gasteiger partial charge >= 0.3 is 0 Å². The number of rotatable bonds is 4. The van der Waals surface area contributed by atoms with E-state index >= 15 is 0 Å². The molecule has 0 aliphatic heterocycles. The van der Waals surface area contributed by atoms with Crippen LogP contribution in [0.3, 0.4) is 0 Å². The molecular formula is C12H15ClO2. The van der Waals surface area contributed by atoms with Crippen LogP contribution in [-0.2, 0) is 17.8 Å². The smallest absolute Gasteiger partial charge is 0.0716 e. The molecule has 0 heterocycles. The largest absolute Gasteiger partial charge is 0.390 e. The van der Waals surface area contributed by atoms with Crippen LogP contribution < -0.4 is 0 Å². The van der Waals surface area contributed by atoms with Crippen molar-refractivity contribution in [2.45, 2.75) is 31.5 Å². The van der Waals surface area contributed by atoms with E-state index in [1.54, 1.807) is 7.11 Å². The van der Waals surface area contributed by atoms with Gasteiger partial charge in [0.1, 0.15) is 0 Å². The highest BCUT2D eigenvalue weighted by Gasteiger charge is 2.41. The van der Waals surface area contributed by atoms with Crippen molar-refractivity contribution in [1.82, 2.24) is 0 Å². The molecule has 0 spiro atoms. The highest BCUT2D eigenvalue weighted by Crippen LogP contribution is 2.40. The third kappa shape index (κ3) is 2.51. The molecule has 1 aromatic rings. The SMILES string of the molecule is COCc1cccc(Cl)c1CC1(O)CC1. The molecule has 1 aliphatic rings. The zero-order valence-electron chi connectivity index (χ0n) is 8.79. The van der Waals surface area contributed by atoms with Crippen LogP contribution in [0.15, 0.2) is 18.2 Å². The Morgan fingerprint density at radius 3 is 2.80 bits per heavy atom. The van der Waals surface area contributed by atoms with Crippen LogP contribution in [0.2, 0.25) is 5.02 Å². The second-order valence-corrected chi connectivity index (χ2v) is 4.62. The van der Waals surface area contributed by atoms with Crippen LogP contribution in [0, 0.1) is 0 Å². The summed E-state index contributed by atoms with van der Waals surface area (Å²) >= 11 is 6.13. The lowest BCUT2D eigenvalue weighted by Crippen LogP contribution is -2.13. The molecule has 2 nitrogen and oxygen atoms in total. The van der Waals surface area contributed by atoms with Gasteiger partial charge in [0.2, 0.25) is 0 Å². The maximum atomic E-state index is 9.90. The molecule has 3 heteroatoms. The molecule has 1 fully saturated rings. The molecule has 0 amide bonds. The fraction of sp³-hybridized carbons (Fsp3) is 0.500. The molecule has 1 aromatic carbocycles. The van der Waals surface area contributed by atoms with Gasteiger partial charge in [0.25, 0.3) is 0 Å². The number of hydrogen-bond donors (Lipinski definition) is 1. The lowest BCUT2D eigenvalue weighted by Gasteiger charge is -2.14. The van der Waals surface area contributed by atoms with Crippen molar-refractivity contribution in [2.75, 3.05) is 7.11 Å². The molecule has 82 valence electrons. The number of benzene rings is 1. The summed E-state index contributed by atoms with van der Waals surface area (Å²) in [5.74, 6) is 0. The number of ether oxygens (including phenoxy) is 1. The zero-order chi connectivity index (χ0) is 10.9. The predicted molar refractivity (Wildman–Crippen MR) is 60.1 cm³/mol. The van der Waals surface area contributed by atoms with E-state index in [9.17, 15) is 5.11 Å². The van der Waals surface area contributed by atoms with E-state index in [1.807, 2.05) is 18.2 Å². The minimum Gasteiger partial charge on any atom is -0.390 e. The van der Waals surface area contributed by atoms with Crippen molar-refractivity contribution in [3.63, 3.8) is 0 Å². The van der Waals surface area contributed by atoms with Crippen molar-refractivity contribution in [3.05, 3.63) is 34.3 Å². The van der Waals surface area contributed by atoms with E-state index in [0.29, 0.717) is 13.0 Å². The maximum absolute atomic E-state index is 9.90. The van der Waals surface area contributed by atoms with Gasteiger partial charge in [0.05, 0.1) is 12.2 Å². The van der Waals surface area contributed by atoms with E-state index in [-0.39, 0.29) is 0 Å². The van der Waals surface area contributed by atoms with E-state index in [0.717, 1.165) is 29.0 Å². The average molecular weight is 227 g/mol. The average Bonchev–Trinajstić information content (AvgIpc) is 2.91. The molecule has 1 aliphatic carbocycles. The first kappa shape index (κ1) is 10.9. The lowest BCUT2D eigenvalue weighted by molar-refractivity contribution is 0.148. The Kier molecular flexibility index (Phi) is 3.01. The second-order valence-electron chi connectivity index (χ2n) is 4.21. The Hall–Kier alpha value is -0.570. The van der Waals surface area contributed by atoms with Crippen LogP contribution in [-0.4, -0.2) is 17.8 Å². The topological polar surface area (TPSA) is 29.5 Å². The van der Waals surface area contributed by atoms with E-state index in [2.05, 4.69) is 0 Å². The third-order valence-electron chi connectivity index (χ3n) is 2.85. The highest BCUT2D eigenvalue weighted by atomic mass is 35.5. The van der Waals surface area contributed by atoms with Crippen LogP contribution in [0.4, 0.5) is 0 Å². The number of halogens is 1. The Labute approximate surface area is 94.8 Å². The first-order chi connectivity index (χ1) is 7.14. The molecule has 0 radical (unpaired) electrons.